The summed E-state index contributed by atoms with van der Waals surface area (Å²) in [5.74, 6) is 3.16. The van der Waals surface area contributed by atoms with Gasteiger partial charge in [-0.15, -0.1) is 0 Å². The molecule has 0 fully saturated rings. The molecule has 0 bridgehead atoms. The Morgan fingerprint density at radius 3 is 3.08 bits per heavy atom. The van der Waals surface area contributed by atoms with Gasteiger partial charge in [0.1, 0.15) is 17.8 Å². The number of aryl methyl sites for hydroxylation is 1. The standard InChI is InChI=1S/C16H25N7O/c1-4-17-16(18-9-12-7-8-24-22-12)19-13-5-6-14-20-15(11(2)3)21-23(14)10-13/h7-8,11,13H,4-6,9-10H2,1-3H3,(H2,17,18,19). The van der Waals surface area contributed by atoms with Crippen LogP contribution in [-0.2, 0) is 19.5 Å². The smallest absolute Gasteiger partial charge is 0.191 e. The van der Waals surface area contributed by atoms with Crippen molar-refractivity contribution in [2.75, 3.05) is 6.54 Å². The molecule has 1 aliphatic rings. The van der Waals surface area contributed by atoms with Crippen molar-refractivity contribution in [3.8, 4) is 0 Å². The molecule has 130 valence electrons. The minimum atomic E-state index is 0.286. The zero-order valence-electron chi connectivity index (χ0n) is 14.5. The fourth-order valence-corrected chi connectivity index (χ4v) is 2.68. The Balaban J connectivity index is 1.63. The van der Waals surface area contributed by atoms with Crippen LogP contribution < -0.4 is 10.6 Å². The lowest BCUT2D eigenvalue weighted by atomic mass is 10.1. The first-order valence-electron chi connectivity index (χ1n) is 8.53. The summed E-state index contributed by atoms with van der Waals surface area (Å²) in [6.45, 7) is 8.41. The van der Waals surface area contributed by atoms with Gasteiger partial charge in [0.25, 0.3) is 0 Å². The number of rotatable bonds is 5. The van der Waals surface area contributed by atoms with Crippen LogP contribution in [0.25, 0.3) is 0 Å². The molecule has 24 heavy (non-hydrogen) atoms. The Morgan fingerprint density at radius 1 is 1.50 bits per heavy atom. The van der Waals surface area contributed by atoms with Crippen molar-refractivity contribution in [1.29, 1.82) is 0 Å². The third kappa shape index (κ3) is 3.93. The molecule has 0 saturated heterocycles. The number of nitrogens with zero attached hydrogens (tertiary/aromatic N) is 5. The van der Waals surface area contributed by atoms with Crippen molar-refractivity contribution in [1.82, 2.24) is 30.6 Å². The van der Waals surface area contributed by atoms with Gasteiger partial charge >= 0.3 is 0 Å². The number of hydrogen-bond donors (Lipinski definition) is 2. The second-order valence-corrected chi connectivity index (χ2v) is 6.29. The average molecular weight is 331 g/mol. The van der Waals surface area contributed by atoms with Gasteiger partial charge in [0.2, 0.25) is 0 Å². The van der Waals surface area contributed by atoms with E-state index in [0.29, 0.717) is 12.5 Å². The maximum absolute atomic E-state index is 4.84. The van der Waals surface area contributed by atoms with Crippen molar-refractivity contribution in [2.24, 2.45) is 4.99 Å². The fourth-order valence-electron chi connectivity index (χ4n) is 2.68. The van der Waals surface area contributed by atoms with E-state index in [1.807, 2.05) is 10.7 Å². The number of aliphatic imine (C=N–C) groups is 1. The number of hydrogen-bond acceptors (Lipinski definition) is 5. The van der Waals surface area contributed by atoms with E-state index in [0.717, 1.165) is 49.2 Å². The quantitative estimate of drug-likeness (QED) is 0.636. The van der Waals surface area contributed by atoms with E-state index < -0.39 is 0 Å². The lowest BCUT2D eigenvalue weighted by Gasteiger charge is -2.25. The Labute approximate surface area is 141 Å². The van der Waals surface area contributed by atoms with Gasteiger partial charge in [0.05, 0.1) is 13.1 Å². The largest absolute Gasteiger partial charge is 0.364 e. The number of fused-ring (bicyclic) bond motifs is 1. The van der Waals surface area contributed by atoms with Gasteiger partial charge < -0.3 is 15.2 Å². The van der Waals surface area contributed by atoms with Crippen molar-refractivity contribution >= 4 is 5.96 Å². The predicted molar refractivity (Wildman–Crippen MR) is 90.7 cm³/mol. The molecule has 8 heteroatoms. The predicted octanol–water partition coefficient (Wildman–Crippen LogP) is 1.46. The van der Waals surface area contributed by atoms with Gasteiger partial charge in [-0.05, 0) is 13.3 Å². The second kappa shape index (κ2) is 7.46. The molecule has 0 radical (unpaired) electrons. The van der Waals surface area contributed by atoms with Gasteiger partial charge in [-0.3, -0.25) is 0 Å². The fraction of sp³-hybridized carbons (Fsp3) is 0.625. The van der Waals surface area contributed by atoms with Gasteiger partial charge in [0.15, 0.2) is 11.8 Å². The zero-order valence-corrected chi connectivity index (χ0v) is 14.5. The Morgan fingerprint density at radius 2 is 2.38 bits per heavy atom. The van der Waals surface area contributed by atoms with Gasteiger partial charge in [-0.25, -0.2) is 14.7 Å². The molecule has 2 N–H and O–H groups in total. The first kappa shape index (κ1) is 16.5. The molecule has 1 atom stereocenters. The van der Waals surface area contributed by atoms with Crippen molar-refractivity contribution in [3.05, 3.63) is 29.7 Å². The maximum atomic E-state index is 4.84. The molecule has 2 aromatic heterocycles. The molecule has 2 aromatic rings. The van der Waals surface area contributed by atoms with Crippen molar-refractivity contribution < 1.29 is 4.52 Å². The van der Waals surface area contributed by atoms with Crippen LogP contribution in [0.2, 0.25) is 0 Å². The van der Waals surface area contributed by atoms with Crippen LogP contribution in [-0.4, -0.2) is 38.5 Å². The summed E-state index contributed by atoms with van der Waals surface area (Å²) in [4.78, 5) is 9.20. The molecule has 3 heterocycles. The maximum Gasteiger partial charge on any atom is 0.191 e. The molecule has 0 aliphatic carbocycles. The van der Waals surface area contributed by atoms with Gasteiger partial charge in [-0.2, -0.15) is 5.10 Å². The monoisotopic (exact) mass is 331 g/mol. The van der Waals surface area contributed by atoms with E-state index in [1.165, 1.54) is 0 Å². The summed E-state index contributed by atoms with van der Waals surface area (Å²) >= 11 is 0. The second-order valence-electron chi connectivity index (χ2n) is 6.29. The van der Waals surface area contributed by atoms with E-state index in [9.17, 15) is 0 Å². The highest BCUT2D eigenvalue weighted by Gasteiger charge is 2.23. The van der Waals surface area contributed by atoms with Crippen LogP contribution in [0.4, 0.5) is 0 Å². The lowest BCUT2D eigenvalue weighted by molar-refractivity contribution is 0.391. The van der Waals surface area contributed by atoms with Crippen LogP contribution in [0.3, 0.4) is 0 Å². The van der Waals surface area contributed by atoms with E-state index in [1.54, 1.807) is 6.26 Å². The number of guanidine groups is 1. The normalized spacial score (nSPS) is 17.8. The van der Waals surface area contributed by atoms with Crippen LogP contribution in [0.1, 0.15) is 50.5 Å². The molecular weight excluding hydrogens is 306 g/mol. The highest BCUT2D eigenvalue weighted by molar-refractivity contribution is 5.80. The van der Waals surface area contributed by atoms with E-state index >= 15 is 0 Å². The van der Waals surface area contributed by atoms with Crippen LogP contribution >= 0.6 is 0 Å². The highest BCUT2D eigenvalue weighted by Crippen LogP contribution is 2.16. The van der Waals surface area contributed by atoms with E-state index in [2.05, 4.69) is 51.6 Å². The van der Waals surface area contributed by atoms with Crippen LogP contribution in [0.15, 0.2) is 21.8 Å². The first-order chi connectivity index (χ1) is 11.7. The molecular formula is C16H25N7O. The molecule has 3 rings (SSSR count). The van der Waals surface area contributed by atoms with E-state index in [4.69, 9.17) is 4.52 Å². The minimum absolute atomic E-state index is 0.286. The molecule has 0 aromatic carbocycles. The van der Waals surface area contributed by atoms with Crippen molar-refractivity contribution in [2.45, 2.75) is 58.7 Å². The summed E-state index contributed by atoms with van der Waals surface area (Å²) in [7, 11) is 0. The number of nitrogens with one attached hydrogen (secondary N) is 2. The summed E-state index contributed by atoms with van der Waals surface area (Å²) in [5.41, 5.74) is 0.816. The Kier molecular flexibility index (Phi) is 5.12. The lowest BCUT2D eigenvalue weighted by Crippen LogP contribution is -2.47. The molecule has 8 nitrogen and oxygen atoms in total. The molecule has 0 amide bonds. The third-order valence-electron chi connectivity index (χ3n) is 3.97. The van der Waals surface area contributed by atoms with Gasteiger partial charge in [-0.1, -0.05) is 19.0 Å². The summed E-state index contributed by atoms with van der Waals surface area (Å²) in [6, 6.07) is 2.11. The summed E-state index contributed by atoms with van der Waals surface area (Å²) < 4.78 is 6.86. The summed E-state index contributed by atoms with van der Waals surface area (Å²) in [5, 5.41) is 15.3. The molecule has 1 unspecified atom stereocenters. The first-order valence-corrected chi connectivity index (χ1v) is 8.53. The topological polar surface area (TPSA) is 93.2 Å². The molecule has 0 spiro atoms. The Bertz CT molecular complexity index is 675. The average Bonchev–Trinajstić information content (AvgIpc) is 3.21. The van der Waals surface area contributed by atoms with Gasteiger partial charge in [0, 0.05) is 31.0 Å². The SMILES string of the molecule is CCNC(=NCc1ccon1)NC1CCc2nc(C(C)C)nn2C1. The molecule has 1 aliphatic heterocycles. The third-order valence-corrected chi connectivity index (χ3v) is 3.97. The van der Waals surface area contributed by atoms with Crippen LogP contribution in [0, 0.1) is 0 Å². The number of aromatic nitrogens is 4. The zero-order chi connectivity index (χ0) is 16.9. The van der Waals surface area contributed by atoms with Crippen LogP contribution in [0.5, 0.6) is 0 Å². The molecule has 0 saturated carbocycles. The van der Waals surface area contributed by atoms with Crippen molar-refractivity contribution in [3.63, 3.8) is 0 Å². The summed E-state index contributed by atoms with van der Waals surface area (Å²) in [6.07, 6.45) is 3.51. The van der Waals surface area contributed by atoms with E-state index in [-0.39, 0.29) is 6.04 Å². The highest BCUT2D eigenvalue weighted by atomic mass is 16.5. The Hall–Kier alpha value is -2.38. The minimum Gasteiger partial charge on any atom is -0.364 e.